The van der Waals surface area contributed by atoms with Gasteiger partial charge in [0, 0.05) is 61.7 Å². The molecule has 4 amide bonds. The number of hydrogen-bond acceptors (Lipinski definition) is 4. The molecule has 8 nitrogen and oxygen atoms in total. The van der Waals surface area contributed by atoms with E-state index in [0.29, 0.717) is 66.1 Å². The Morgan fingerprint density at radius 1 is 0.868 bits per heavy atom. The average molecular weight is 580 g/mol. The molecule has 2 heterocycles. The predicted octanol–water partition coefficient (Wildman–Crippen LogP) is 3.83. The van der Waals surface area contributed by atoms with Gasteiger partial charge in [0.15, 0.2) is 0 Å². The predicted molar refractivity (Wildman–Crippen MR) is 146 cm³/mol. The second-order valence-electron chi connectivity index (χ2n) is 9.77. The molecular weight excluding hydrogens is 551 g/mol. The first-order valence-corrected chi connectivity index (χ1v) is 13.6. The molecule has 38 heavy (non-hydrogen) atoms. The van der Waals surface area contributed by atoms with Crippen LogP contribution in [0.25, 0.3) is 0 Å². The molecular formula is C27H29Cl3N4O4. The van der Waals surface area contributed by atoms with Crippen molar-refractivity contribution in [3.8, 4) is 0 Å². The fourth-order valence-corrected chi connectivity index (χ4v) is 5.80. The number of rotatable bonds is 4. The van der Waals surface area contributed by atoms with Gasteiger partial charge >= 0.3 is 11.8 Å². The number of likely N-dealkylation sites (tertiary alicyclic amines) is 2. The molecule has 2 aliphatic rings. The van der Waals surface area contributed by atoms with Crippen molar-refractivity contribution in [3.05, 3.63) is 68.7 Å². The quantitative estimate of drug-likeness (QED) is 0.556. The van der Waals surface area contributed by atoms with E-state index in [-0.39, 0.29) is 29.7 Å². The van der Waals surface area contributed by atoms with Gasteiger partial charge in [0.1, 0.15) is 0 Å². The van der Waals surface area contributed by atoms with Crippen LogP contribution in [0.15, 0.2) is 42.5 Å². The number of likely N-dealkylation sites (N-methyl/N-ethyl adjacent to an activating group) is 1. The maximum Gasteiger partial charge on any atom is 0.311 e. The van der Waals surface area contributed by atoms with Gasteiger partial charge in [0.2, 0.25) is 5.91 Å². The smallest absolute Gasteiger partial charge is 0.311 e. The van der Waals surface area contributed by atoms with Gasteiger partial charge in [-0.3, -0.25) is 19.2 Å². The van der Waals surface area contributed by atoms with E-state index in [2.05, 4.69) is 0 Å². The summed E-state index contributed by atoms with van der Waals surface area (Å²) in [7, 11) is 1.77. The Balaban J connectivity index is 1.52. The Morgan fingerprint density at radius 2 is 1.50 bits per heavy atom. The molecule has 4 rings (SSSR count). The number of primary amides is 1. The second-order valence-corrected chi connectivity index (χ2v) is 11.0. The zero-order valence-electron chi connectivity index (χ0n) is 20.9. The standard InChI is InChI=1S/C27H29Cl3N4O4/c1-32(25(36)16-2-5-19(28)6-3-16)23-10-13-34(15-20(23)18-4-7-21(29)22(30)14-18)26(37)17-8-11-33(12-9-17)27(38)24(31)35/h2-7,14,17,20,23H,8-13,15H2,1H3,(H2,31,35)/t20-,23+/m0/s1. The zero-order chi connectivity index (χ0) is 27.6. The summed E-state index contributed by atoms with van der Waals surface area (Å²) in [6.07, 6.45) is 1.50. The molecule has 2 saturated heterocycles. The van der Waals surface area contributed by atoms with E-state index in [0.717, 1.165) is 5.56 Å². The topological polar surface area (TPSA) is 104 Å². The van der Waals surface area contributed by atoms with Crippen molar-refractivity contribution >= 4 is 58.4 Å². The van der Waals surface area contributed by atoms with E-state index in [1.54, 1.807) is 48.3 Å². The van der Waals surface area contributed by atoms with Crippen molar-refractivity contribution in [1.29, 1.82) is 0 Å². The second kappa shape index (κ2) is 11.9. The Hall–Kier alpha value is -2.81. The third-order valence-corrected chi connectivity index (χ3v) is 8.50. The third kappa shape index (κ3) is 6.08. The third-order valence-electron chi connectivity index (χ3n) is 7.51. The molecule has 0 bridgehead atoms. The fraction of sp³-hybridized carbons (Fsp3) is 0.407. The summed E-state index contributed by atoms with van der Waals surface area (Å²) < 4.78 is 0. The summed E-state index contributed by atoms with van der Waals surface area (Å²) in [5.74, 6) is -2.29. The molecule has 2 aromatic rings. The van der Waals surface area contributed by atoms with E-state index in [9.17, 15) is 19.2 Å². The summed E-state index contributed by atoms with van der Waals surface area (Å²) in [6.45, 7) is 1.51. The Morgan fingerprint density at radius 3 is 2.11 bits per heavy atom. The molecule has 2 atom stereocenters. The number of hydrogen-bond donors (Lipinski definition) is 1. The molecule has 0 saturated carbocycles. The van der Waals surface area contributed by atoms with Gasteiger partial charge in [-0.1, -0.05) is 40.9 Å². The number of benzene rings is 2. The molecule has 11 heteroatoms. The van der Waals surface area contributed by atoms with Crippen LogP contribution in [0, 0.1) is 5.92 Å². The first-order chi connectivity index (χ1) is 18.1. The summed E-state index contributed by atoms with van der Waals surface area (Å²) in [5, 5.41) is 1.39. The first kappa shape index (κ1) is 28.2. The molecule has 2 fully saturated rings. The van der Waals surface area contributed by atoms with Gasteiger partial charge in [-0.25, -0.2) is 0 Å². The number of nitrogens with zero attached hydrogens (tertiary/aromatic N) is 3. The van der Waals surface area contributed by atoms with Gasteiger partial charge in [0.05, 0.1) is 10.0 Å². The van der Waals surface area contributed by atoms with Crippen molar-refractivity contribution in [2.75, 3.05) is 33.2 Å². The van der Waals surface area contributed by atoms with Crippen molar-refractivity contribution in [1.82, 2.24) is 14.7 Å². The highest BCUT2D eigenvalue weighted by Crippen LogP contribution is 2.35. The lowest BCUT2D eigenvalue weighted by atomic mass is 9.83. The first-order valence-electron chi connectivity index (χ1n) is 12.4. The molecule has 0 aromatic heterocycles. The van der Waals surface area contributed by atoms with Crippen LogP contribution < -0.4 is 5.73 Å². The lowest BCUT2D eigenvalue weighted by Crippen LogP contribution is -2.54. The van der Waals surface area contributed by atoms with Crippen molar-refractivity contribution in [2.45, 2.75) is 31.2 Å². The van der Waals surface area contributed by atoms with Crippen LogP contribution in [-0.4, -0.2) is 77.6 Å². The molecule has 202 valence electrons. The Labute approximate surface area is 236 Å². The summed E-state index contributed by atoms with van der Waals surface area (Å²) in [5.41, 5.74) is 6.53. The van der Waals surface area contributed by atoms with E-state index in [4.69, 9.17) is 40.5 Å². The highest BCUT2D eigenvalue weighted by Gasteiger charge is 2.39. The molecule has 2 N–H and O–H groups in total. The van der Waals surface area contributed by atoms with Crippen molar-refractivity contribution < 1.29 is 19.2 Å². The highest BCUT2D eigenvalue weighted by molar-refractivity contribution is 6.42. The van der Waals surface area contributed by atoms with Crippen LogP contribution in [-0.2, 0) is 14.4 Å². The number of halogens is 3. The lowest BCUT2D eigenvalue weighted by molar-refractivity contribution is -0.147. The number of nitrogens with two attached hydrogens (primary N) is 1. The highest BCUT2D eigenvalue weighted by atomic mass is 35.5. The lowest BCUT2D eigenvalue weighted by Gasteiger charge is -2.44. The molecule has 0 spiro atoms. The monoisotopic (exact) mass is 578 g/mol. The molecule has 2 aromatic carbocycles. The normalized spacial score (nSPS) is 20.2. The van der Waals surface area contributed by atoms with Crippen molar-refractivity contribution in [3.63, 3.8) is 0 Å². The van der Waals surface area contributed by atoms with Crippen molar-refractivity contribution in [2.24, 2.45) is 11.7 Å². The molecule has 0 unspecified atom stereocenters. The fourth-order valence-electron chi connectivity index (χ4n) is 5.36. The summed E-state index contributed by atoms with van der Waals surface area (Å²) in [4.78, 5) is 54.9. The van der Waals surface area contributed by atoms with E-state index >= 15 is 0 Å². The Kier molecular flexibility index (Phi) is 8.85. The minimum Gasteiger partial charge on any atom is -0.361 e. The van der Waals surface area contributed by atoms with Crippen LogP contribution in [0.1, 0.15) is 41.1 Å². The largest absolute Gasteiger partial charge is 0.361 e. The van der Waals surface area contributed by atoms with Gasteiger partial charge < -0.3 is 20.4 Å². The average Bonchev–Trinajstić information content (AvgIpc) is 2.93. The van der Waals surface area contributed by atoms with Crippen LogP contribution in [0.5, 0.6) is 0 Å². The van der Waals surface area contributed by atoms with Gasteiger partial charge in [0.25, 0.3) is 5.91 Å². The van der Waals surface area contributed by atoms with Gasteiger partial charge in [-0.2, -0.15) is 0 Å². The minimum absolute atomic E-state index is 0.00589. The SMILES string of the molecule is CN(C(=O)c1ccc(Cl)cc1)[C@@H]1CCN(C(=O)C2CCN(C(=O)C(N)=O)CC2)C[C@H]1c1ccc(Cl)c(Cl)c1. The summed E-state index contributed by atoms with van der Waals surface area (Å²) in [6, 6.07) is 12.0. The molecule has 0 aliphatic carbocycles. The number of amides is 4. The number of carbonyl (C=O) groups excluding carboxylic acids is 4. The maximum atomic E-state index is 13.5. The number of piperidine rings is 2. The van der Waals surface area contributed by atoms with Crippen LogP contribution in [0.4, 0.5) is 0 Å². The van der Waals surface area contributed by atoms with Crippen LogP contribution in [0.2, 0.25) is 15.1 Å². The van der Waals surface area contributed by atoms with Crippen LogP contribution in [0.3, 0.4) is 0 Å². The Bertz CT molecular complexity index is 1230. The number of carbonyl (C=O) groups is 4. The molecule has 0 radical (unpaired) electrons. The zero-order valence-corrected chi connectivity index (χ0v) is 23.2. The maximum absolute atomic E-state index is 13.5. The van der Waals surface area contributed by atoms with E-state index in [1.165, 1.54) is 4.90 Å². The minimum atomic E-state index is -0.987. The van der Waals surface area contributed by atoms with Gasteiger partial charge in [-0.05, 0) is 61.2 Å². The van der Waals surface area contributed by atoms with E-state index in [1.807, 2.05) is 11.0 Å². The van der Waals surface area contributed by atoms with Crippen LogP contribution >= 0.6 is 34.8 Å². The summed E-state index contributed by atoms with van der Waals surface area (Å²) >= 11 is 18.5. The van der Waals surface area contributed by atoms with E-state index < -0.39 is 11.8 Å². The molecule has 2 aliphatic heterocycles. The van der Waals surface area contributed by atoms with Gasteiger partial charge in [-0.15, -0.1) is 0 Å².